The van der Waals surface area contributed by atoms with Gasteiger partial charge in [-0.2, -0.15) is 0 Å². The van der Waals surface area contributed by atoms with Crippen LogP contribution in [0, 0.1) is 0 Å². The van der Waals surface area contributed by atoms with Crippen LogP contribution < -0.4 is 5.32 Å². The molecule has 0 radical (unpaired) electrons. The summed E-state index contributed by atoms with van der Waals surface area (Å²) in [5.74, 6) is -0.600. The molecule has 1 N–H and O–H groups in total. The van der Waals surface area contributed by atoms with Crippen molar-refractivity contribution in [2.75, 3.05) is 32.2 Å². The van der Waals surface area contributed by atoms with Gasteiger partial charge in [0.15, 0.2) is 5.71 Å². The summed E-state index contributed by atoms with van der Waals surface area (Å²) >= 11 is 0. The van der Waals surface area contributed by atoms with Gasteiger partial charge in [-0.25, -0.2) is 0 Å². The van der Waals surface area contributed by atoms with Gasteiger partial charge in [0, 0.05) is 19.1 Å². The molecule has 0 aromatic heterocycles. The fraction of sp³-hybridized carbons (Fsp3) is 0.400. The van der Waals surface area contributed by atoms with Gasteiger partial charge in [-0.15, -0.1) is 0 Å². The van der Waals surface area contributed by atoms with E-state index in [1.807, 2.05) is 12.1 Å². The van der Waals surface area contributed by atoms with Crippen molar-refractivity contribution in [3.05, 3.63) is 29.8 Å². The Morgan fingerprint density at radius 2 is 2.05 bits per heavy atom. The minimum Gasteiger partial charge on any atom is -0.463 e. The Morgan fingerprint density at radius 3 is 2.86 bits per heavy atom. The number of methoxy groups -OCH3 is 1. The van der Waals surface area contributed by atoms with Gasteiger partial charge in [-0.3, -0.25) is 9.59 Å². The number of esters is 1. The number of benzene rings is 1. The molecule has 7 heteroatoms. The van der Waals surface area contributed by atoms with E-state index in [0.717, 1.165) is 5.69 Å². The first kappa shape index (κ1) is 16.0. The van der Waals surface area contributed by atoms with Gasteiger partial charge in [0.25, 0.3) is 5.91 Å². The summed E-state index contributed by atoms with van der Waals surface area (Å²) in [6.07, 6.45) is 0.698. The first-order chi connectivity index (χ1) is 10.7. The number of oxime groups is 1. The number of nitrogens with zero attached hydrogens (tertiary/aromatic N) is 1. The standard InChI is InChI=1S/C15H18N2O5/c1-20-9-10-21-13(18)7-4-8-22-17-14-11-5-2-3-6-12(11)16-15(14)19/h2-3,5-6H,4,7-10H2,1H3,(H,16,17,19). The van der Waals surface area contributed by atoms with Gasteiger partial charge in [0.2, 0.25) is 0 Å². The Balaban J connectivity index is 1.72. The predicted octanol–water partition coefficient (Wildman–Crippen LogP) is 1.33. The third-order valence-corrected chi connectivity index (χ3v) is 2.97. The normalized spacial score (nSPS) is 14.6. The number of para-hydroxylation sites is 1. The van der Waals surface area contributed by atoms with E-state index >= 15 is 0 Å². The molecule has 0 atom stereocenters. The lowest BCUT2D eigenvalue weighted by Crippen LogP contribution is -2.15. The third kappa shape index (κ3) is 4.29. The molecule has 2 rings (SSSR count). The van der Waals surface area contributed by atoms with Crippen LogP contribution in [-0.2, 0) is 23.9 Å². The lowest BCUT2D eigenvalue weighted by Gasteiger charge is -2.03. The fourth-order valence-electron chi connectivity index (χ4n) is 1.90. The Bertz CT molecular complexity index is 571. The Morgan fingerprint density at radius 1 is 1.23 bits per heavy atom. The van der Waals surface area contributed by atoms with Crippen LogP contribution in [0.2, 0.25) is 0 Å². The van der Waals surface area contributed by atoms with Gasteiger partial charge < -0.3 is 19.6 Å². The molecule has 22 heavy (non-hydrogen) atoms. The summed E-state index contributed by atoms with van der Waals surface area (Å²) in [6.45, 7) is 0.859. The number of hydrogen-bond donors (Lipinski definition) is 1. The second-order valence-electron chi connectivity index (χ2n) is 4.59. The number of anilines is 1. The number of ether oxygens (including phenoxy) is 2. The third-order valence-electron chi connectivity index (χ3n) is 2.97. The summed E-state index contributed by atoms with van der Waals surface area (Å²) in [5.41, 5.74) is 1.68. The van der Waals surface area contributed by atoms with Crippen LogP contribution in [0.1, 0.15) is 18.4 Å². The lowest BCUT2D eigenvalue weighted by molar-refractivity contribution is -0.145. The molecule has 0 fully saturated rings. The second kappa shape index (κ2) is 8.14. The van der Waals surface area contributed by atoms with Crippen molar-refractivity contribution in [1.82, 2.24) is 0 Å². The molecular formula is C15H18N2O5. The van der Waals surface area contributed by atoms with Gasteiger partial charge in [-0.1, -0.05) is 23.4 Å². The van der Waals surface area contributed by atoms with Crippen LogP contribution in [0.25, 0.3) is 0 Å². The first-order valence-electron chi connectivity index (χ1n) is 6.97. The largest absolute Gasteiger partial charge is 0.463 e. The molecule has 1 aliphatic rings. The highest BCUT2D eigenvalue weighted by molar-refractivity contribution is 6.53. The molecule has 1 aromatic carbocycles. The van der Waals surface area contributed by atoms with Gasteiger partial charge in [0.05, 0.1) is 12.3 Å². The Labute approximate surface area is 128 Å². The van der Waals surface area contributed by atoms with Crippen molar-refractivity contribution in [1.29, 1.82) is 0 Å². The van der Waals surface area contributed by atoms with Crippen molar-refractivity contribution in [2.24, 2.45) is 5.16 Å². The molecule has 0 aliphatic carbocycles. The molecule has 0 bridgehead atoms. The highest BCUT2D eigenvalue weighted by Crippen LogP contribution is 2.22. The molecule has 1 aliphatic heterocycles. The van der Waals surface area contributed by atoms with Gasteiger partial charge in [0.1, 0.15) is 13.2 Å². The number of nitrogens with one attached hydrogen (secondary N) is 1. The van der Waals surface area contributed by atoms with Crippen LogP contribution in [0.4, 0.5) is 5.69 Å². The van der Waals surface area contributed by atoms with Crippen molar-refractivity contribution in [2.45, 2.75) is 12.8 Å². The molecule has 1 aromatic rings. The van der Waals surface area contributed by atoms with Crippen LogP contribution in [0.15, 0.2) is 29.4 Å². The highest BCUT2D eigenvalue weighted by atomic mass is 16.6. The maximum Gasteiger partial charge on any atom is 0.305 e. The monoisotopic (exact) mass is 306 g/mol. The van der Waals surface area contributed by atoms with E-state index < -0.39 is 0 Å². The summed E-state index contributed by atoms with van der Waals surface area (Å²) < 4.78 is 9.68. The van der Waals surface area contributed by atoms with Crippen molar-refractivity contribution >= 4 is 23.3 Å². The number of carbonyl (C=O) groups is 2. The first-order valence-corrected chi connectivity index (χ1v) is 6.97. The highest BCUT2D eigenvalue weighted by Gasteiger charge is 2.26. The van der Waals surface area contributed by atoms with Crippen LogP contribution in [0.3, 0.4) is 0 Å². The lowest BCUT2D eigenvalue weighted by atomic mass is 10.1. The Hall–Kier alpha value is -2.41. The summed E-state index contributed by atoms with van der Waals surface area (Å²) in [7, 11) is 1.54. The second-order valence-corrected chi connectivity index (χ2v) is 4.59. The minimum atomic E-state index is -0.308. The van der Waals surface area contributed by atoms with Crippen LogP contribution in [-0.4, -0.2) is 44.5 Å². The molecule has 0 saturated carbocycles. The molecule has 118 valence electrons. The van der Waals surface area contributed by atoms with E-state index in [2.05, 4.69) is 10.5 Å². The van der Waals surface area contributed by atoms with E-state index in [1.165, 1.54) is 7.11 Å². The fourth-order valence-corrected chi connectivity index (χ4v) is 1.90. The predicted molar refractivity (Wildman–Crippen MR) is 79.6 cm³/mol. The average molecular weight is 306 g/mol. The van der Waals surface area contributed by atoms with Crippen molar-refractivity contribution in [3.63, 3.8) is 0 Å². The van der Waals surface area contributed by atoms with Crippen molar-refractivity contribution in [3.8, 4) is 0 Å². The van der Waals surface area contributed by atoms with E-state index in [9.17, 15) is 9.59 Å². The molecule has 1 amide bonds. The SMILES string of the molecule is COCCOC(=O)CCCO/N=C1\C(=O)Nc2ccccc21. The van der Waals surface area contributed by atoms with E-state index in [0.29, 0.717) is 18.6 Å². The van der Waals surface area contributed by atoms with Crippen LogP contribution >= 0.6 is 0 Å². The molecule has 0 spiro atoms. The maximum atomic E-state index is 11.7. The number of rotatable bonds is 8. The molecule has 0 unspecified atom stereocenters. The van der Waals surface area contributed by atoms with Crippen molar-refractivity contribution < 1.29 is 23.9 Å². The Kier molecular flexibility index (Phi) is 5.91. The number of hydrogen-bond acceptors (Lipinski definition) is 6. The van der Waals surface area contributed by atoms with Gasteiger partial charge in [-0.05, 0) is 12.5 Å². The number of fused-ring (bicyclic) bond motifs is 1. The molecule has 1 heterocycles. The quantitative estimate of drug-likeness (QED) is 0.445. The average Bonchev–Trinajstić information content (AvgIpc) is 2.83. The molecular weight excluding hydrogens is 288 g/mol. The number of amides is 1. The zero-order valence-corrected chi connectivity index (χ0v) is 12.3. The minimum absolute atomic E-state index is 0.233. The van der Waals surface area contributed by atoms with Gasteiger partial charge >= 0.3 is 5.97 Å². The zero-order valence-electron chi connectivity index (χ0n) is 12.3. The summed E-state index contributed by atoms with van der Waals surface area (Å²) in [4.78, 5) is 28.2. The van der Waals surface area contributed by atoms with E-state index in [1.54, 1.807) is 12.1 Å². The summed E-state index contributed by atoms with van der Waals surface area (Å²) in [5, 5.41) is 6.55. The van der Waals surface area contributed by atoms with E-state index in [-0.39, 0.29) is 37.2 Å². The smallest absolute Gasteiger partial charge is 0.305 e. The molecule has 7 nitrogen and oxygen atoms in total. The topological polar surface area (TPSA) is 86.2 Å². The van der Waals surface area contributed by atoms with Crippen LogP contribution in [0.5, 0.6) is 0 Å². The summed E-state index contributed by atoms with van der Waals surface area (Å²) in [6, 6.07) is 7.25. The number of carbonyl (C=O) groups excluding carboxylic acids is 2. The van der Waals surface area contributed by atoms with E-state index in [4.69, 9.17) is 14.3 Å². The molecule has 0 saturated heterocycles. The maximum absolute atomic E-state index is 11.7. The zero-order chi connectivity index (χ0) is 15.8.